The van der Waals surface area contributed by atoms with Crippen LogP contribution in [-0.4, -0.2) is 5.03 Å². The second kappa shape index (κ2) is 4.58. The second-order valence-corrected chi connectivity index (χ2v) is 4.45. The van der Waals surface area contributed by atoms with Gasteiger partial charge >= 0.3 is 6.18 Å². The summed E-state index contributed by atoms with van der Waals surface area (Å²) in [5, 5.41) is 9.13. The van der Waals surface area contributed by atoms with Crippen LogP contribution in [0, 0.1) is 10.1 Å². The van der Waals surface area contributed by atoms with E-state index in [1.54, 1.807) is 0 Å². The van der Waals surface area contributed by atoms with Gasteiger partial charge in [0, 0.05) is 8.95 Å². The summed E-state index contributed by atoms with van der Waals surface area (Å²) in [6.45, 7) is 0. The Labute approximate surface area is 104 Å². The smallest absolute Gasteiger partial charge is 0.235 e. The summed E-state index contributed by atoms with van der Waals surface area (Å²) < 4.78 is 37.8. The van der Waals surface area contributed by atoms with Gasteiger partial charge in [-0.15, -0.1) is 5.43 Å². The zero-order valence-electron chi connectivity index (χ0n) is 7.31. The van der Waals surface area contributed by atoms with Crippen LogP contribution in [-0.2, 0) is 6.18 Å². The van der Waals surface area contributed by atoms with Gasteiger partial charge in [0.05, 0.1) is 5.56 Å². The van der Waals surface area contributed by atoms with Crippen LogP contribution in [0.25, 0.3) is 0 Å². The summed E-state index contributed by atoms with van der Waals surface area (Å²) in [5.74, 6) is 0. The second-order valence-electron chi connectivity index (χ2n) is 2.68. The Morgan fingerprint density at radius 2 is 1.88 bits per heavy atom. The first-order chi connectivity index (χ1) is 7.21. The maximum absolute atomic E-state index is 12.6. The van der Waals surface area contributed by atoms with Crippen molar-refractivity contribution in [2.75, 3.05) is 5.43 Å². The molecular formula is C7H3Br2F3N2O2. The number of nitrogens with one attached hydrogen (secondary N) is 1. The lowest BCUT2D eigenvalue weighted by atomic mass is 10.2. The Kier molecular flexibility index (Phi) is 3.79. The van der Waals surface area contributed by atoms with Gasteiger partial charge in [-0.05, 0) is 28.1 Å². The van der Waals surface area contributed by atoms with Crippen molar-refractivity contribution in [3.05, 3.63) is 36.8 Å². The van der Waals surface area contributed by atoms with E-state index in [1.807, 2.05) is 0 Å². The first-order valence-corrected chi connectivity index (χ1v) is 5.27. The number of hydrogen-bond donors (Lipinski definition) is 1. The zero-order valence-corrected chi connectivity index (χ0v) is 10.5. The normalized spacial score (nSPS) is 11.3. The third kappa shape index (κ3) is 3.08. The third-order valence-corrected chi connectivity index (χ3v) is 2.65. The zero-order chi connectivity index (χ0) is 12.5. The third-order valence-electron chi connectivity index (χ3n) is 1.56. The highest BCUT2D eigenvalue weighted by Gasteiger charge is 2.36. The van der Waals surface area contributed by atoms with E-state index in [1.165, 1.54) is 11.5 Å². The molecule has 0 bridgehead atoms. The van der Waals surface area contributed by atoms with Crippen LogP contribution >= 0.6 is 31.9 Å². The molecule has 1 aromatic carbocycles. The van der Waals surface area contributed by atoms with Crippen LogP contribution in [0.1, 0.15) is 5.56 Å². The van der Waals surface area contributed by atoms with E-state index in [0.717, 1.165) is 6.07 Å². The van der Waals surface area contributed by atoms with E-state index >= 15 is 0 Å². The minimum atomic E-state index is -4.68. The largest absolute Gasteiger partial charge is 0.418 e. The van der Waals surface area contributed by atoms with Gasteiger partial charge in [0.25, 0.3) is 0 Å². The summed E-state index contributed by atoms with van der Waals surface area (Å²) >= 11 is 5.70. The molecule has 0 amide bonds. The van der Waals surface area contributed by atoms with Crippen LogP contribution < -0.4 is 5.43 Å². The highest BCUT2D eigenvalue weighted by atomic mass is 79.9. The molecule has 16 heavy (non-hydrogen) atoms. The van der Waals surface area contributed by atoms with Gasteiger partial charge in [-0.3, -0.25) is 0 Å². The quantitative estimate of drug-likeness (QED) is 0.641. The maximum Gasteiger partial charge on any atom is 0.418 e. The van der Waals surface area contributed by atoms with Gasteiger partial charge in [0.2, 0.25) is 0 Å². The molecule has 0 aromatic heterocycles. The van der Waals surface area contributed by atoms with E-state index in [9.17, 15) is 23.3 Å². The molecular weight excluding hydrogens is 361 g/mol. The topological polar surface area (TPSA) is 55.2 Å². The van der Waals surface area contributed by atoms with Gasteiger partial charge in [-0.2, -0.15) is 13.2 Å². The van der Waals surface area contributed by atoms with E-state index in [2.05, 4.69) is 31.9 Å². The Balaban J connectivity index is 3.38. The number of hydrogen-bond acceptors (Lipinski definition) is 2. The van der Waals surface area contributed by atoms with Gasteiger partial charge < -0.3 is 0 Å². The molecule has 1 aromatic rings. The summed E-state index contributed by atoms with van der Waals surface area (Å²) in [4.78, 5) is 10.2. The van der Waals surface area contributed by atoms with Crippen molar-refractivity contribution < 1.29 is 18.2 Å². The number of nitro groups is 1. The molecule has 0 atom stereocenters. The van der Waals surface area contributed by atoms with Crippen molar-refractivity contribution in [2.45, 2.75) is 6.18 Å². The molecule has 1 N–H and O–H groups in total. The first kappa shape index (κ1) is 13.2. The SMILES string of the molecule is O=[N+]([O-])Nc1c(Br)cc(Br)cc1C(F)(F)F. The van der Waals surface area contributed by atoms with Gasteiger partial charge in [-0.25, -0.2) is 10.1 Å². The fourth-order valence-electron chi connectivity index (χ4n) is 1.00. The molecule has 0 aliphatic rings. The van der Waals surface area contributed by atoms with Crippen molar-refractivity contribution in [1.29, 1.82) is 0 Å². The van der Waals surface area contributed by atoms with Crippen LogP contribution in [0.2, 0.25) is 0 Å². The standard InChI is InChI=1S/C7H3Br2F3N2O2/c8-3-1-4(7(10,11)12)6(5(9)2-3)13-14(15)16/h1-2,13H. The molecule has 0 spiro atoms. The van der Waals surface area contributed by atoms with E-state index in [-0.39, 0.29) is 8.95 Å². The number of nitrogens with zero attached hydrogens (tertiary/aromatic N) is 1. The fraction of sp³-hybridized carbons (Fsp3) is 0.143. The predicted molar refractivity (Wildman–Crippen MR) is 57.5 cm³/mol. The lowest BCUT2D eigenvalue weighted by Crippen LogP contribution is -2.15. The van der Waals surface area contributed by atoms with Crippen LogP contribution in [0.5, 0.6) is 0 Å². The molecule has 9 heteroatoms. The number of halogens is 5. The fourth-order valence-corrected chi connectivity index (χ4v) is 2.32. The van der Waals surface area contributed by atoms with Crippen molar-refractivity contribution in [3.63, 3.8) is 0 Å². The van der Waals surface area contributed by atoms with Crippen LogP contribution in [0.15, 0.2) is 21.1 Å². The summed E-state index contributed by atoms with van der Waals surface area (Å²) in [6, 6.07) is 2.04. The van der Waals surface area contributed by atoms with E-state index in [4.69, 9.17) is 0 Å². The van der Waals surface area contributed by atoms with Crippen molar-refractivity contribution in [2.24, 2.45) is 0 Å². The molecule has 0 unspecified atom stereocenters. The Morgan fingerprint density at radius 1 is 1.31 bits per heavy atom. The highest BCUT2D eigenvalue weighted by molar-refractivity contribution is 9.11. The summed E-state index contributed by atoms with van der Waals surface area (Å²) in [7, 11) is 0. The Morgan fingerprint density at radius 3 is 2.31 bits per heavy atom. The highest BCUT2D eigenvalue weighted by Crippen LogP contribution is 2.40. The number of anilines is 1. The maximum atomic E-state index is 12.6. The van der Waals surface area contributed by atoms with Gasteiger partial charge in [0.15, 0.2) is 5.03 Å². The molecule has 0 aliphatic heterocycles. The minimum Gasteiger partial charge on any atom is -0.235 e. The summed E-state index contributed by atoms with van der Waals surface area (Å²) in [6.07, 6.45) is -4.68. The lowest BCUT2D eigenvalue weighted by Gasteiger charge is -2.12. The molecule has 0 heterocycles. The van der Waals surface area contributed by atoms with Gasteiger partial charge in [0.1, 0.15) is 5.69 Å². The predicted octanol–water partition coefficient (Wildman–Crippen LogP) is 3.83. The minimum absolute atomic E-state index is 0.0501. The number of hydrazine groups is 1. The number of rotatable bonds is 2. The van der Waals surface area contributed by atoms with Crippen molar-refractivity contribution >= 4 is 37.5 Å². The Hall–Kier alpha value is -0.830. The monoisotopic (exact) mass is 362 g/mol. The molecule has 0 saturated heterocycles. The average molecular weight is 364 g/mol. The van der Waals surface area contributed by atoms with Crippen LogP contribution in [0.3, 0.4) is 0 Å². The van der Waals surface area contributed by atoms with E-state index in [0.29, 0.717) is 0 Å². The molecule has 0 radical (unpaired) electrons. The van der Waals surface area contributed by atoms with Gasteiger partial charge in [-0.1, -0.05) is 15.9 Å². The molecule has 1 rings (SSSR count). The molecule has 4 nitrogen and oxygen atoms in total. The van der Waals surface area contributed by atoms with Crippen molar-refractivity contribution in [3.8, 4) is 0 Å². The molecule has 0 fully saturated rings. The molecule has 0 saturated carbocycles. The molecule has 0 aliphatic carbocycles. The van der Waals surface area contributed by atoms with Crippen LogP contribution in [0.4, 0.5) is 18.9 Å². The first-order valence-electron chi connectivity index (χ1n) is 3.69. The Bertz CT molecular complexity index is 436. The number of alkyl halides is 3. The summed E-state index contributed by atoms with van der Waals surface area (Å²) in [5.41, 5.74) is -0.234. The lowest BCUT2D eigenvalue weighted by molar-refractivity contribution is -0.445. The van der Waals surface area contributed by atoms with Crippen molar-refractivity contribution in [1.82, 2.24) is 0 Å². The van der Waals surface area contributed by atoms with E-state index < -0.39 is 22.5 Å². The molecule has 88 valence electrons. The average Bonchev–Trinajstić information content (AvgIpc) is 2.06. The number of benzene rings is 1.